The average molecular weight is 947 g/mol. The van der Waals surface area contributed by atoms with Gasteiger partial charge in [-0.25, -0.2) is 4.79 Å². The summed E-state index contributed by atoms with van der Waals surface area (Å²) in [5, 5.41) is 0. The Morgan fingerprint density at radius 2 is 0.576 bits per heavy atom. The SMILES string of the molecule is CC#CC#CC#CC#CC#CC#CC#CC#CC(=O)[O][Al]1[O][Al]([O]C(=O)CCCCCCCCCCCCCCCCC)[O][Al]([O]C(=O)CCCCCCCCCCCCCCCCC)[O]1. The highest BCUT2D eigenvalue weighted by molar-refractivity contribution is 6.68. The zero-order valence-electron chi connectivity index (χ0n) is 40.5. The lowest BCUT2D eigenvalue weighted by atomic mass is 10.0. The van der Waals surface area contributed by atoms with Gasteiger partial charge in [0.25, 0.3) is 11.9 Å². The van der Waals surface area contributed by atoms with E-state index in [0.29, 0.717) is 12.8 Å². The average Bonchev–Trinajstić information content (AvgIpc) is 3.30. The van der Waals surface area contributed by atoms with Crippen LogP contribution >= 0.6 is 0 Å². The number of unbranched alkanes of at least 4 members (excludes halogenated alkanes) is 28. The predicted octanol–water partition coefficient (Wildman–Crippen LogP) is 11.2. The fourth-order valence-electron chi connectivity index (χ4n) is 6.79. The number of rotatable bonds is 35. The van der Waals surface area contributed by atoms with Crippen LogP contribution < -0.4 is 0 Å². The van der Waals surface area contributed by atoms with Gasteiger partial charge in [-0.3, -0.25) is 9.59 Å². The summed E-state index contributed by atoms with van der Waals surface area (Å²) in [7, 11) is 0. The molecule has 0 spiro atoms. The number of carbonyl (C=O) groups excluding carboxylic acids is 3. The first kappa shape index (κ1) is 60.4. The summed E-state index contributed by atoms with van der Waals surface area (Å²) in [5.41, 5.74) is 0. The highest BCUT2D eigenvalue weighted by atomic mass is 27.4. The van der Waals surface area contributed by atoms with E-state index in [-0.39, 0.29) is 12.8 Å². The molecule has 0 unspecified atom stereocenters. The van der Waals surface area contributed by atoms with Gasteiger partial charge in [0.15, 0.2) is 0 Å². The molecule has 352 valence electrons. The third-order valence-electron chi connectivity index (χ3n) is 10.4. The predicted molar refractivity (Wildman–Crippen MR) is 266 cm³/mol. The fraction of sp³-hybridized carbons (Fsp3) is 0.648. The molecule has 1 fully saturated rings. The topological polar surface area (TPSA) is 107 Å². The van der Waals surface area contributed by atoms with Gasteiger partial charge in [-0.1, -0.05) is 200 Å². The third-order valence-corrected chi connectivity index (χ3v) is 17.0. The Bertz CT molecular complexity index is 1820. The molecule has 1 aliphatic heterocycles. The van der Waals surface area contributed by atoms with Gasteiger partial charge < -0.3 is 19.9 Å². The minimum absolute atomic E-state index is 0.207. The summed E-state index contributed by atoms with van der Waals surface area (Å²) < 4.78 is 33.7. The molecule has 1 rings (SSSR count). The maximum absolute atomic E-state index is 12.8. The van der Waals surface area contributed by atoms with Crippen LogP contribution in [0.1, 0.15) is 226 Å². The van der Waals surface area contributed by atoms with Crippen molar-refractivity contribution in [2.45, 2.75) is 226 Å². The van der Waals surface area contributed by atoms with Gasteiger partial charge in [0.1, 0.15) is 0 Å². The Labute approximate surface area is 416 Å². The van der Waals surface area contributed by atoms with Crippen molar-refractivity contribution in [3.8, 4) is 94.7 Å². The molecule has 0 aromatic carbocycles. The van der Waals surface area contributed by atoms with Crippen LogP contribution in [0.25, 0.3) is 0 Å². The van der Waals surface area contributed by atoms with Crippen LogP contribution in [-0.2, 0) is 34.3 Å². The molecular weight excluding hydrogens is 874 g/mol. The summed E-state index contributed by atoms with van der Waals surface area (Å²) in [6.07, 6.45) is 37.2. The van der Waals surface area contributed by atoms with Gasteiger partial charge in [0, 0.05) is 18.8 Å². The zero-order chi connectivity index (χ0) is 47.6. The number of carbonyl (C=O) groups is 3. The smallest absolute Gasteiger partial charge is 0.574 e. The van der Waals surface area contributed by atoms with Gasteiger partial charge in [-0.2, -0.15) is 0 Å². The molecule has 0 saturated carbocycles. The minimum Gasteiger partial charge on any atom is -0.574 e. The van der Waals surface area contributed by atoms with Crippen molar-refractivity contribution < 1.29 is 34.3 Å². The summed E-state index contributed by atoms with van der Waals surface area (Å²) in [4.78, 5) is 38.1. The van der Waals surface area contributed by atoms with Crippen LogP contribution in [0.2, 0.25) is 0 Å². The van der Waals surface area contributed by atoms with Crippen molar-refractivity contribution in [1.29, 1.82) is 0 Å². The molecule has 9 nitrogen and oxygen atoms in total. The lowest BCUT2D eigenvalue weighted by Crippen LogP contribution is -2.54. The number of hydrogen-bond donors (Lipinski definition) is 0. The molecule has 0 bridgehead atoms. The molecule has 0 amide bonds. The van der Waals surface area contributed by atoms with Crippen molar-refractivity contribution in [3.05, 3.63) is 0 Å². The Kier molecular flexibility index (Phi) is 43.8. The van der Waals surface area contributed by atoms with Crippen LogP contribution in [0.4, 0.5) is 0 Å². The standard InChI is InChI=1S/2C18H36O2.C18H4O2.3Al.3O/c3*1-2-3-4-5-6-7-8-9-10-11-12-13-14-15-16-17-18(19)20;;;;;;/h2*2-17H2,1H3,(H,19,20);1H3,(H,19,20);;;;;;/q;;;3*+1;;;/p-3. The molecule has 0 aliphatic carbocycles. The van der Waals surface area contributed by atoms with Crippen molar-refractivity contribution in [2.75, 3.05) is 0 Å². The maximum atomic E-state index is 12.8. The van der Waals surface area contributed by atoms with E-state index in [1.54, 1.807) is 6.92 Å². The number of hydrogen-bond acceptors (Lipinski definition) is 9. The van der Waals surface area contributed by atoms with Crippen LogP contribution in [0.15, 0.2) is 0 Å². The van der Waals surface area contributed by atoms with Crippen LogP contribution in [0.3, 0.4) is 0 Å². The Balaban J connectivity index is 2.54. The Morgan fingerprint density at radius 3 is 0.864 bits per heavy atom. The quantitative estimate of drug-likeness (QED) is 0.0349. The molecule has 12 heteroatoms. The Morgan fingerprint density at radius 1 is 0.333 bits per heavy atom. The van der Waals surface area contributed by atoms with E-state index >= 15 is 0 Å². The summed E-state index contributed by atoms with van der Waals surface area (Å²) in [6.45, 7) is 6.19. The van der Waals surface area contributed by atoms with Gasteiger partial charge in [0.2, 0.25) is 0 Å². The highest BCUT2D eigenvalue weighted by Gasteiger charge is 2.62. The van der Waals surface area contributed by atoms with E-state index in [9.17, 15) is 14.4 Å². The first-order valence-corrected chi connectivity index (χ1v) is 29.2. The summed E-state index contributed by atoms with van der Waals surface area (Å²) in [5.74, 6) is 37.8. The molecule has 0 aromatic rings. The van der Waals surface area contributed by atoms with E-state index in [1.807, 2.05) is 0 Å². The first-order valence-electron chi connectivity index (χ1n) is 25.0. The van der Waals surface area contributed by atoms with E-state index in [1.165, 1.54) is 141 Å². The van der Waals surface area contributed by atoms with Crippen molar-refractivity contribution in [3.63, 3.8) is 0 Å². The monoisotopic (exact) mass is 946 g/mol. The normalized spacial score (nSPS) is 10.9. The second kappa shape index (κ2) is 47.8. The molecule has 1 heterocycles. The molecule has 0 aromatic heterocycles. The van der Waals surface area contributed by atoms with Crippen molar-refractivity contribution in [2.24, 2.45) is 0 Å². The van der Waals surface area contributed by atoms with Crippen LogP contribution in [0, 0.1) is 94.7 Å². The van der Waals surface area contributed by atoms with Crippen molar-refractivity contribution in [1.82, 2.24) is 0 Å². The lowest BCUT2D eigenvalue weighted by molar-refractivity contribution is -0.138. The van der Waals surface area contributed by atoms with Crippen LogP contribution in [-0.4, -0.2) is 63.4 Å². The third kappa shape index (κ3) is 41.8. The fourth-order valence-corrected chi connectivity index (χ4v) is 13.7. The molecule has 0 radical (unpaired) electrons. The van der Waals surface area contributed by atoms with E-state index in [2.05, 4.69) is 109 Å². The van der Waals surface area contributed by atoms with Gasteiger partial charge in [0.05, 0.1) is 0 Å². The zero-order valence-corrected chi connectivity index (χ0v) is 44.0. The van der Waals surface area contributed by atoms with E-state index < -0.39 is 63.4 Å². The van der Waals surface area contributed by atoms with Crippen LogP contribution in [0.5, 0.6) is 0 Å². The second-order valence-corrected chi connectivity index (χ2v) is 21.9. The van der Waals surface area contributed by atoms with E-state index in [4.69, 9.17) is 19.9 Å². The molecular formula is C54H73Al3O9. The molecule has 1 saturated heterocycles. The highest BCUT2D eigenvalue weighted by Crippen LogP contribution is 2.18. The largest absolute Gasteiger partial charge is 0.949 e. The second-order valence-electron chi connectivity index (χ2n) is 16.2. The van der Waals surface area contributed by atoms with Gasteiger partial charge in [-0.15, -0.1) is 0 Å². The first-order chi connectivity index (χ1) is 32.5. The minimum atomic E-state index is -3.28. The molecule has 66 heavy (non-hydrogen) atoms. The van der Waals surface area contributed by atoms with E-state index in [0.717, 1.165) is 38.5 Å². The maximum Gasteiger partial charge on any atom is 0.949 e. The van der Waals surface area contributed by atoms with Gasteiger partial charge in [-0.05, 0) is 103 Å². The van der Waals surface area contributed by atoms with Gasteiger partial charge >= 0.3 is 51.4 Å². The molecule has 0 N–H and O–H groups in total. The summed E-state index contributed by atoms with van der Waals surface area (Å²) >= 11 is -9.65. The van der Waals surface area contributed by atoms with Crippen molar-refractivity contribution >= 4 is 63.4 Å². The Hall–Kier alpha value is -3.63. The summed E-state index contributed by atoms with van der Waals surface area (Å²) in [6, 6.07) is 0. The molecule has 0 atom stereocenters. The lowest BCUT2D eigenvalue weighted by Gasteiger charge is -2.26. The molecule has 1 aliphatic rings.